The molecule has 4 atom stereocenters. The molecule has 2 heterocycles. The van der Waals surface area contributed by atoms with Crippen molar-refractivity contribution in [2.45, 2.75) is 56.8 Å². The van der Waals surface area contributed by atoms with E-state index in [-0.39, 0.29) is 24.2 Å². The fraction of sp³-hybridized carbons (Fsp3) is 0.480. The summed E-state index contributed by atoms with van der Waals surface area (Å²) in [4.78, 5) is 11.9. The third-order valence-electron chi connectivity index (χ3n) is 6.43. The van der Waals surface area contributed by atoms with Crippen LogP contribution in [-0.4, -0.2) is 58.7 Å². The average Bonchev–Trinajstić information content (AvgIpc) is 3.25. The summed E-state index contributed by atoms with van der Waals surface area (Å²) < 4.78 is 30.4. The van der Waals surface area contributed by atoms with Gasteiger partial charge in [-0.25, -0.2) is 0 Å². The Morgan fingerprint density at radius 1 is 1.06 bits per heavy atom. The van der Waals surface area contributed by atoms with Crippen LogP contribution in [0.3, 0.4) is 0 Å². The zero-order valence-electron chi connectivity index (χ0n) is 19.4. The van der Waals surface area contributed by atoms with Crippen molar-refractivity contribution >= 4 is 24.7 Å². The van der Waals surface area contributed by atoms with Gasteiger partial charge < -0.3 is 23.4 Å². The van der Waals surface area contributed by atoms with Crippen LogP contribution in [0.15, 0.2) is 60.7 Å². The van der Waals surface area contributed by atoms with E-state index < -0.39 is 32.4 Å². The van der Waals surface area contributed by atoms with Gasteiger partial charge in [0.25, 0.3) is 8.32 Å². The maximum Gasteiger partial charge on any atom is 0.303 e. The fourth-order valence-electron chi connectivity index (χ4n) is 5.01. The van der Waals surface area contributed by atoms with E-state index in [1.165, 1.54) is 17.3 Å². The van der Waals surface area contributed by atoms with Gasteiger partial charge in [0.15, 0.2) is 18.0 Å². The minimum atomic E-state index is -2.78. The summed E-state index contributed by atoms with van der Waals surface area (Å²) >= 11 is 0. The Balaban J connectivity index is 1.76. The number of hydrogen-bond acceptors (Lipinski definition) is 6. The molecule has 172 valence electrons. The van der Waals surface area contributed by atoms with E-state index in [0.29, 0.717) is 0 Å². The van der Waals surface area contributed by atoms with E-state index in [0.717, 1.165) is 0 Å². The van der Waals surface area contributed by atoms with Crippen LogP contribution in [0.4, 0.5) is 0 Å². The summed E-state index contributed by atoms with van der Waals surface area (Å²) in [6.45, 7) is 8.59. The van der Waals surface area contributed by atoms with Crippen LogP contribution < -0.4 is 10.4 Å². The van der Waals surface area contributed by atoms with Crippen LogP contribution in [0.1, 0.15) is 27.7 Å². The predicted molar refractivity (Wildman–Crippen MR) is 123 cm³/mol. The highest BCUT2D eigenvalue weighted by molar-refractivity contribution is 6.99. The molecule has 0 spiro atoms. The second-order valence-corrected chi connectivity index (χ2v) is 13.9. The molecular formula is C25H32O6Si. The second-order valence-electron chi connectivity index (χ2n) is 9.54. The van der Waals surface area contributed by atoms with Crippen molar-refractivity contribution in [3.05, 3.63) is 60.7 Å². The number of carbonyl (C=O) groups is 1. The first kappa shape index (κ1) is 23.1. The molecule has 0 unspecified atom stereocenters. The standard InChI is InChI=1S/C25H32O6Si/c1-18(26)30-22-21-23(27-5)31-25(22,16-28-21)17-29-32(24(2,3)4,19-12-8-6-9-13-19)20-14-10-7-11-15-20/h6-15,21-23H,16-17H2,1-5H3/t21-,22+,23-,25-/m1/s1. The van der Waals surface area contributed by atoms with Gasteiger partial charge in [-0.1, -0.05) is 81.4 Å². The van der Waals surface area contributed by atoms with Crippen LogP contribution in [0.5, 0.6) is 0 Å². The molecule has 0 saturated carbocycles. The average molecular weight is 457 g/mol. The van der Waals surface area contributed by atoms with Crippen molar-refractivity contribution in [1.82, 2.24) is 0 Å². The molecule has 2 fully saturated rings. The van der Waals surface area contributed by atoms with Gasteiger partial charge in [0.05, 0.1) is 13.2 Å². The van der Waals surface area contributed by atoms with Crippen LogP contribution in [0.2, 0.25) is 5.04 Å². The molecule has 32 heavy (non-hydrogen) atoms. The Morgan fingerprint density at radius 2 is 1.62 bits per heavy atom. The molecule has 7 heteroatoms. The SMILES string of the molecule is CO[C@@H]1O[C@@]2(CO[Si](c3ccccc3)(c3ccccc3)C(C)(C)C)CO[C@@H]1[C@@H]2OC(C)=O. The Morgan fingerprint density at radius 3 is 2.09 bits per heavy atom. The van der Waals surface area contributed by atoms with Crippen molar-refractivity contribution in [3.8, 4) is 0 Å². The van der Waals surface area contributed by atoms with Crippen molar-refractivity contribution < 1.29 is 28.2 Å². The number of fused-ring (bicyclic) bond motifs is 2. The van der Waals surface area contributed by atoms with Crippen LogP contribution >= 0.6 is 0 Å². The Kier molecular flexibility index (Phi) is 6.31. The lowest BCUT2D eigenvalue weighted by Gasteiger charge is -2.45. The molecule has 2 aromatic carbocycles. The number of esters is 1. The molecule has 2 aromatic rings. The van der Waals surface area contributed by atoms with Crippen molar-refractivity contribution in [2.24, 2.45) is 0 Å². The summed E-state index contributed by atoms with van der Waals surface area (Å²) in [6, 6.07) is 20.8. The maximum atomic E-state index is 11.9. The van der Waals surface area contributed by atoms with Crippen molar-refractivity contribution in [1.29, 1.82) is 0 Å². The highest BCUT2D eigenvalue weighted by Crippen LogP contribution is 2.44. The number of rotatable bonds is 7. The van der Waals surface area contributed by atoms with Crippen molar-refractivity contribution in [3.63, 3.8) is 0 Å². The largest absolute Gasteiger partial charge is 0.456 e. The molecule has 2 bridgehead atoms. The third kappa shape index (κ3) is 3.82. The van der Waals surface area contributed by atoms with Crippen LogP contribution in [0, 0.1) is 0 Å². The molecule has 4 rings (SSSR count). The van der Waals surface area contributed by atoms with Gasteiger partial charge >= 0.3 is 5.97 Å². The molecule has 2 aliphatic rings. The maximum absolute atomic E-state index is 11.9. The van der Waals surface area contributed by atoms with Crippen LogP contribution in [-0.2, 0) is 28.2 Å². The smallest absolute Gasteiger partial charge is 0.303 e. The summed E-state index contributed by atoms with van der Waals surface area (Å²) in [5.41, 5.74) is -0.913. The lowest BCUT2D eigenvalue weighted by atomic mass is 10.0. The molecule has 0 amide bonds. The van der Waals surface area contributed by atoms with Gasteiger partial charge in [0, 0.05) is 14.0 Å². The molecule has 0 aromatic heterocycles. The normalized spacial score (nSPS) is 27.5. The number of ether oxygens (including phenoxy) is 4. The van der Waals surface area contributed by atoms with Gasteiger partial charge in [-0.15, -0.1) is 0 Å². The molecule has 0 N–H and O–H groups in total. The van der Waals surface area contributed by atoms with E-state index in [2.05, 4.69) is 69.3 Å². The van der Waals surface area contributed by atoms with Crippen molar-refractivity contribution in [2.75, 3.05) is 20.3 Å². The Hall–Kier alpha value is -2.03. The minimum absolute atomic E-state index is 0.179. The van der Waals surface area contributed by atoms with Gasteiger partial charge in [-0.2, -0.15) is 0 Å². The van der Waals surface area contributed by atoms with E-state index in [1.807, 2.05) is 12.1 Å². The highest BCUT2D eigenvalue weighted by Gasteiger charge is 2.65. The Bertz CT molecular complexity index is 889. The first-order valence-corrected chi connectivity index (χ1v) is 12.9. The van der Waals surface area contributed by atoms with Gasteiger partial charge in [0.1, 0.15) is 6.10 Å². The quantitative estimate of drug-likeness (QED) is 0.472. The lowest BCUT2D eigenvalue weighted by Crippen LogP contribution is -2.68. The number of hydrogen-bond donors (Lipinski definition) is 0. The Labute approximate surface area is 190 Å². The summed E-state index contributed by atoms with van der Waals surface area (Å²) in [5.74, 6) is -0.374. The van der Waals surface area contributed by atoms with Gasteiger partial charge in [-0.3, -0.25) is 4.79 Å². The summed E-state index contributed by atoms with van der Waals surface area (Å²) in [5, 5.41) is 2.17. The van der Waals surface area contributed by atoms with E-state index in [9.17, 15) is 4.79 Å². The molecule has 0 radical (unpaired) electrons. The molecule has 0 aliphatic carbocycles. The van der Waals surface area contributed by atoms with E-state index >= 15 is 0 Å². The number of methoxy groups -OCH3 is 1. The van der Waals surface area contributed by atoms with Gasteiger partial charge in [-0.05, 0) is 15.4 Å². The third-order valence-corrected chi connectivity index (χ3v) is 11.4. The first-order chi connectivity index (χ1) is 15.2. The van der Waals surface area contributed by atoms with Gasteiger partial charge in [0.2, 0.25) is 0 Å². The first-order valence-electron chi connectivity index (χ1n) is 11.0. The summed E-state index contributed by atoms with van der Waals surface area (Å²) in [7, 11) is -1.21. The van der Waals surface area contributed by atoms with E-state index in [1.54, 1.807) is 7.11 Å². The molecular weight excluding hydrogens is 424 g/mol. The second kappa shape index (κ2) is 8.72. The van der Waals surface area contributed by atoms with E-state index in [4.69, 9.17) is 23.4 Å². The molecule has 2 aliphatic heterocycles. The fourth-order valence-corrected chi connectivity index (χ4v) is 9.63. The molecule has 6 nitrogen and oxygen atoms in total. The topological polar surface area (TPSA) is 63.2 Å². The lowest BCUT2D eigenvalue weighted by molar-refractivity contribution is -0.241. The number of benzene rings is 2. The number of carbonyl (C=O) groups excluding carboxylic acids is 1. The molecule has 2 saturated heterocycles. The van der Waals surface area contributed by atoms with Crippen LogP contribution in [0.25, 0.3) is 0 Å². The minimum Gasteiger partial charge on any atom is -0.456 e. The highest BCUT2D eigenvalue weighted by atomic mass is 28.4. The monoisotopic (exact) mass is 456 g/mol. The summed E-state index contributed by atoms with van der Waals surface area (Å²) in [6.07, 6.45) is -1.65. The predicted octanol–water partition coefficient (Wildman–Crippen LogP) is 2.63. The zero-order valence-corrected chi connectivity index (χ0v) is 20.4. The zero-order chi connectivity index (χ0) is 23.0.